The number of benzene rings is 1. The van der Waals surface area contributed by atoms with Crippen LogP contribution < -0.4 is 22.5 Å². The number of aliphatic carboxylic acids is 2. The van der Waals surface area contributed by atoms with Gasteiger partial charge in [0.05, 0.1) is 0 Å². The molecule has 0 heterocycles. The first kappa shape index (κ1) is 38.2. The van der Waals surface area contributed by atoms with E-state index in [0.717, 1.165) is 44.1 Å². The summed E-state index contributed by atoms with van der Waals surface area (Å²) in [4.78, 5) is 41.9. The summed E-state index contributed by atoms with van der Waals surface area (Å²) in [5.74, 6) is -1.08. The third-order valence-electron chi connectivity index (χ3n) is 6.93. The summed E-state index contributed by atoms with van der Waals surface area (Å²) in [6.45, 7) is 2.56. The number of rotatable bonds is 11. The van der Waals surface area contributed by atoms with Crippen LogP contribution in [-0.2, 0) is 14.4 Å². The second kappa shape index (κ2) is 24.9. The molecule has 0 aromatic heterocycles. The summed E-state index contributed by atoms with van der Waals surface area (Å²) < 4.78 is 0. The summed E-state index contributed by atoms with van der Waals surface area (Å²) in [6, 6.07) is 6.61. The summed E-state index contributed by atoms with van der Waals surface area (Å²) in [5.41, 5.74) is 17.4. The maximum atomic E-state index is 11.2. The van der Waals surface area contributed by atoms with Gasteiger partial charge in [-0.15, -0.1) is 0 Å². The third kappa shape index (κ3) is 22.5. The summed E-state index contributed by atoms with van der Waals surface area (Å²) in [5, 5.41) is 19.5. The molecule has 10 nitrogen and oxygen atoms in total. The number of carboxylic acid groups (broad SMARTS) is 2. The molecule has 1 aromatic carbocycles. The monoisotopic (exact) mass is 578 g/mol. The van der Waals surface area contributed by atoms with Crippen LogP contribution in [0.2, 0.25) is 0 Å². The Balaban J connectivity index is 0.000000535. The molecule has 0 spiro atoms. The Hall–Kier alpha value is -2.82. The zero-order chi connectivity index (χ0) is 30.9. The summed E-state index contributed by atoms with van der Waals surface area (Å²) in [6.07, 6.45) is 17.4. The fourth-order valence-corrected chi connectivity index (χ4v) is 4.50. The van der Waals surface area contributed by atoms with E-state index < -0.39 is 18.0 Å². The first-order valence-electron chi connectivity index (χ1n) is 15.1. The maximum Gasteiger partial charge on any atom is 0.320 e. The van der Waals surface area contributed by atoms with Crippen molar-refractivity contribution in [3.8, 4) is 0 Å². The van der Waals surface area contributed by atoms with Crippen LogP contribution in [0.5, 0.6) is 0 Å². The molecular formula is C31H54N4O6. The predicted molar refractivity (Wildman–Crippen MR) is 164 cm³/mol. The van der Waals surface area contributed by atoms with Gasteiger partial charge in [0.15, 0.2) is 0 Å². The summed E-state index contributed by atoms with van der Waals surface area (Å²) >= 11 is 0. The smallest absolute Gasteiger partial charge is 0.320 e. The average molecular weight is 579 g/mol. The van der Waals surface area contributed by atoms with E-state index in [9.17, 15) is 19.2 Å². The number of carbonyl (C=O) groups is 4. The van der Waals surface area contributed by atoms with Crippen LogP contribution in [0.1, 0.15) is 120 Å². The van der Waals surface area contributed by atoms with Crippen molar-refractivity contribution >= 4 is 29.8 Å². The Kier molecular flexibility index (Phi) is 23.2. The lowest BCUT2D eigenvalue weighted by Crippen LogP contribution is -2.29. The number of hydrogen-bond donors (Lipinski definition) is 6. The molecule has 10 heteroatoms. The van der Waals surface area contributed by atoms with E-state index in [0.29, 0.717) is 43.3 Å². The van der Waals surface area contributed by atoms with Gasteiger partial charge in [-0.2, -0.15) is 0 Å². The Labute approximate surface area is 245 Å². The minimum atomic E-state index is -0.933. The zero-order valence-electron chi connectivity index (χ0n) is 24.9. The van der Waals surface area contributed by atoms with Crippen LogP contribution in [0.4, 0.5) is 5.69 Å². The van der Waals surface area contributed by atoms with E-state index in [1.165, 1.54) is 51.4 Å². The topological polar surface area (TPSA) is 199 Å². The molecule has 0 radical (unpaired) electrons. The van der Waals surface area contributed by atoms with Crippen molar-refractivity contribution in [2.45, 2.75) is 122 Å². The van der Waals surface area contributed by atoms with Crippen LogP contribution in [0.25, 0.3) is 0 Å². The number of carboxylic acids is 2. The molecule has 2 fully saturated rings. The first-order chi connectivity index (χ1) is 19.6. The van der Waals surface area contributed by atoms with E-state index in [-0.39, 0.29) is 5.91 Å². The van der Waals surface area contributed by atoms with Crippen molar-refractivity contribution in [1.29, 1.82) is 0 Å². The Morgan fingerprint density at radius 2 is 1.51 bits per heavy atom. The van der Waals surface area contributed by atoms with E-state index in [1.807, 2.05) is 6.92 Å². The lowest BCUT2D eigenvalue weighted by atomic mass is 9.87. The van der Waals surface area contributed by atoms with Gasteiger partial charge in [-0.1, -0.05) is 51.9 Å². The molecule has 41 heavy (non-hydrogen) atoms. The van der Waals surface area contributed by atoms with Gasteiger partial charge in [-0.25, -0.2) is 0 Å². The molecule has 9 N–H and O–H groups in total. The SMILES string of the molecule is CCCC(=O)Nc1ccc(C=O)cc1.NC1CCCCC1.NCCCC[C@H](N)C(=O)O.O=C(O)CC1CCCCC1. The molecule has 2 aliphatic rings. The van der Waals surface area contributed by atoms with Crippen molar-refractivity contribution in [3.63, 3.8) is 0 Å². The first-order valence-corrected chi connectivity index (χ1v) is 15.1. The standard InChI is InChI=1S/C11H13NO2.C8H14O2.C6H14N2O2.C6H13N/c1-2-3-11(14)12-10-6-4-9(8-13)5-7-10;9-8(10)6-7-4-2-1-3-5-7;7-4-2-1-3-5(8)6(9)10;7-6-4-2-1-3-5-6/h4-8H,2-3H2,1H3,(H,12,14);7H,1-6H2,(H,9,10);5H,1-4,7-8H2,(H,9,10);6H,1-5,7H2/t;;5-;/m..0./s1. The lowest BCUT2D eigenvalue weighted by molar-refractivity contribution is -0.139. The summed E-state index contributed by atoms with van der Waals surface area (Å²) in [7, 11) is 0. The van der Waals surface area contributed by atoms with E-state index in [4.69, 9.17) is 27.4 Å². The minimum absolute atomic E-state index is 0.00588. The molecule has 234 valence electrons. The highest BCUT2D eigenvalue weighted by atomic mass is 16.4. The highest BCUT2D eigenvalue weighted by Gasteiger charge is 2.15. The molecular weight excluding hydrogens is 524 g/mol. The Morgan fingerprint density at radius 3 is 1.93 bits per heavy atom. The Morgan fingerprint density at radius 1 is 0.951 bits per heavy atom. The van der Waals surface area contributed by atoms with Crippen LogP contribution >= 0.6 is 0 Å². The van der Waals surface area contributed by atoms with Gasteiger partial charge in [0, 0.05) is 30.1 Å². The third-order valence-corrected chi connectivity index (χ3v) is 6.93. The van der Waals surface area contributed by atoms with Gasteiger partial charge < -0.3 is 32.7 Å². The fraction of sp³-hybridized carbons (Fsp3) is 0.677. The largest absolute Gasteiger partial charge is 0.481 e. The van der Waals surface area contributed by atoms with Crippen molar-refractivity contribution in [3.05, 3.63) is 29.8 Å². The quantitative estimate of drug-likeness (QED) is 0.153. The number of carbonyl (C=O) groups excluding carboxylic acids is 2. The molecule has 2 aliphatic carbocycles. The van der Waals surface area contributed by atoms with Gasteiger partial charge in [-0.3, -0.25) is 19.2 Å². The van der Waals surface area contributed by atoms with Crippen LogP contribution in [0.15, 0.2) is 24.3 Å². The van der Waals surface area contributed by atoms with Crippen molar-refractivity contribution in [2.75, 3.05) is 11.9 Å². The Bertz CT molecular complexity index is 838. The second-order valence-corrected chi connectivity index (χ2v) is 10.8. The second-order valence-electron chi connectivity index (χ2n) is 10.8. The van der Waals surface area contributed by atoms with Crippen LogP contribution in [0, 0.1) is 5.92 Å². The highest BCUT2D eigenvalue weighted by molar-refractivity contribution is 5.91. The number of hydrogen-bond acceptors (Lipinski definition) is 7. The minimum Gasteiger partial charge on any atom is -0.481 e. The number of nitrogens with one attached hydrogen (secondary N) is 1. The molecule has 3 rings (SSSR count). The van der Waals surface area contributed by atoms with Gasteiger partial charge in [0.25, 0.3) is 0 Å². The predicted octanol–water partition coefficient (Wildman–Crippen LogP) is 5.08. The number of amides is 1. The number of unbranched alkanes of at least 4 members (excludes halogenated alkanes) is 1. The van der Waals surface area contributed by atoms with Crippen LogP contribution in [0.3, 0.4) is 0 Å². The van der Waals surface area contributed by atoms with Gasteiger partial charge >= 0.3 is 11.9 Å². The van der Waals surface area contributed by atoms with Crippen molar-refractivity contribution in [2.24, 2.45) is 23.1 Å². The highest BCUT2D eigenvalue weighted by Crippen LogP contribution is 2.25. The van der Waals surface area contributed by atoms with Gasteiger partial charge in [0.1, 0.15) is 12.3 Å². The molecule has 1 aromatic rings. The van der Waals surface area contributed by atoms with Crippen LogP contribution in [-0.4, -0.2) is 53.0 Å². The normalized spacial score (nSPS) is 15.8. The molecule has 1 atom stereocenters. The average Bonchev–Trinajstić information content (AvgIpc) is 2.95. The number of nitrogens with two attached hydrogens (primary N) is 3. The van der Waals surface area contributed by atoms with E-state index in [2.05, 4.69) is 5.32 Å². The molecule has 2 saturated carbocycles. The van der Waals surface area contributed by atoms with Gasteiger partial charge in [0.2, 0.25) is 5.91 Å². The molecule has 0 unspecified atom stereocenters. The molecule has 0 aliphatic heterocycles. The molecule has 0 bridgehead atoms. The fourth-order valence-electron chi connectivity index (χ4n) is 4.50. The number of aldehydes is 1. The zero-order valence-corrected chi connectivity index (χ0v) is 24.9. The number of anilines is 1. The maximum absolute atomic E-state index is 11.2. The van der Waals surface area contributed by atoms with E-state index in [1.54, 1.807) is 24.3 Å². The molecule has 1 amide bonds. The van der Waals surface area contributed by atoms with E-state index >= 15 is 0 Å². The lowest BCUT2D eigenvalue weighted by Gasteiger charge is -2.18. The molecule has 0 saturated heterocycles. The van der Waals surface area contributed by atoms with Crippen molar-refractivity contribution in [1.82, 2.24) is 0 Å². The van der Waals surface area contributed by atoms with Gasteiger partial charge in [-0.05, 0) is 81.7 Å². The van der Waals surface area contributed by atoms with Crippen molar-refractivity contribution < 1.29 is 29.4 Å².